The molecule has 14 heavy (non-hydrogen) atoms. The minimum atomic E-state index is 0.490. The topological polar surface area (TPSA) is 38.7 Å². The Morgan fingerprint density at radius 1 is 0.857 bits per heavy atom. The number of aromatic nitrogens is 3. The van der Waals surface area contributed by atoms with Crippen molar-refractivity contribution in [3.05, 3.63) is 54.4 Å². The second-order valence-electron chi connectivity index (χ2n) is 2.58. The van der Waals surface area contributed by atoms with Crippen LogP contribution in [0.2, 0.25) is 0 Å². The second kappa shape index (κ2) is 4.15. The first-order chi connectivity index (χ1) is 6.95. The molecule has 0 aliphatic rings. The Balaban J connectivity index is 2.24. The van der Waals surface area contributed by atoms with Crippen molar-refractivity contribution in [2.24, 2.45) is 0 Å². The molecule has 0 fully saturated rings. The third-order valence-corrected chi connectivity index (χ3v) is 1.59. The Labute approximate surface area is 81.9 Å². The minimum Gasteiger partial charge on any atom is -0.225 e. The number of benzene rings is 1. The van der Waals surface area contributed by atoms with Crippen LogP contribution in [0.25, 0.3) is 0 Å². The van der Waals surface area contributed by atoms with E-state index in [0.29, 0.717) is 5.82 Å². The lowest BCUT2D eigenvalue weighted by atomic mass is 10.2. The first-order valence-corrected chi connectivity index (χ1v) is 4.14. The van der Waals surface area contributed by atoms with Crippen molar-refractivity contribution in [2.45, 2.75) is 0 Å². The Morgan fingerprint density at radius 3 is 2.29 bits per heavy atom. The lowest BCUT2D eigenvalue weighted by Crippen LogP contribution is -1.87. The van der Waals surface area contributed by atoms with Crippen molar-refractivity contribution in [1.82, 2.24) is 15.0 Å². The molecule has 3 nitrogen and oxygen atoms in total. The van der Waals surface area contributed by atoms with Crippen LogP contribution in [0.3, 0.4) is 0 Å². The highest BCUT2D eigenvalue weighted by Crippen LogP contribution is 1.95. The predicted molar refractivity (Wildman–Crippen MR) is 52.2 cm³/mol. The molecule has 3 heteroatoms. The SMILES string of the molecule is C(#Cc1ncncn1)c1ccccc1. The van der Waals surface area contributed by atoms with Crippen LogP contribution in [0.15, 0.2) is 43.0 Å². The average Bonchev–Trinajstić information content (AvgIpc) is 2.29. The molecule has 2 rings (SSSR count). The van der Waals surface area contributed by atoms with E-state index in [1.54, 1.807) is 0 Å². The molecule has 0 aliphatic heterocycles. The summed E-state index contributed by atoms with van der Waals surface area (Å²) in [4.78, 5) is 11.5. The third kappa shape index (κ3) is 2.14. The lowest BCUT2D eigenvalue weighted by Gasteiger charge is -1.86. The van der Waals surface area contributed by atoms with E-state index in [2.05, 4.69) is 26.8 Å². The van der Waals surface area contributed by atoms with E-state index in [0.717, 1.165) is 5.56 Å². The van der Waals surface area contributed by atoms with E-state index >= 15 is 0 Å². The first-order valence-electron chi connectivity index (χ1n) is 4.14. The van der Waals surface area contributed by atoms with Gasteiger partial charge in [0.1, 0.15) is 12.7 Å². The molecule has 1 aromatic carbocycles. The Morgan fingerprint density at radius 2 is 1.57 bits per heavy atom. The van der Waals surface area contributed by atoms with Crippen LogP contribution in [-0.2, 0) is 0 Å². The van der Waals surface area contributed by atoms with Gasteiger partial charge >= 0.3 is 0 Å². The molecule has 0 saturated carbocycles. The fourth-order valence-electron chi connectivity index (χ4n) is 0.953. The van der Waals surface area contributed by atoms with Gasteiger partial charge < -0.3 is 0 Å². The number of hydrogen-bond donors (Lipinski definition) is 0. The number of nitrogens with zero attached hydrogens (tertiary/aromatic N) is 3. The van der Waals surface area contributed by atoms with E-state index in [9.17, 15) is 0 Å². The Kier molecular flexibility index (Phi) is 2.49. The fourth-order valence-corrected chi connectivity index (χ4v) is 0.953. The van der Waals surface area contributed by atoms with Gasteiger partial charge in [0.25, 0.3) is 0 Å². The third-order valence-electron chi connectivity index (χ3n) is 1.59. The van der Waals surface area contributed by atoms with Gasteiger partial charge in [0.15, 0.2) is 0 Å². The standard InChI is InChI=1S/C11H7N3/c1-2-4-10(5-3-1)6-7-11-13-8-12-9-14-11/h1-5,8-9H. The van der Waals surface area contributed by atoms with Gasteiger partial charge in [-0.2, -0.15) is 0 Å². The molecule has 0 unspecified atom stereocenters. The highest BCUT2D eigenvalue weighted by Gasteiger charge is 1.86. The van der Waals surface area contributed by atoms with Gasteiger partial charge in [-0.15, -0.1) is 0 Å². The molecule has 0 saturated heterocycles. The second-order valence-corrected chi connectivity index (χ2v) is 2.58. The van der Waals surface area contributed by atoms with Crippen molar-refractivity contribution in [3.63, 3.8) is 0 Å². The van der Waals surface area contributed by atoms with Gasteiger partial charge in [-0.25, -0.2) is 15.0 Å². The summed E-state index contributed by atoms with van der Waals surface area (Å²) in [7, 11) is 0. The zero-order chi connectivity index (χ0) is 9.64. The largest absolute Gasteiger partial charge is 0.225 e. The maximum atomic E-state index is 3.90. The molecule has 0 aliphatic carbocycles. The normalized spacial score (nSPS) is 8.86. The van der Waals surface area contributed by atoms with Crippen LogP contribution in [-0.4, -0.2) is 15.0 Å². The van der Waals surface area contributed by atoms with E-state index in [1.165, 1.54) is 12.7 Å². The number of hydrogen-bond acceptors (Lipinski definition) is 3. The van der Waals surface area contributed by atoms with Crippen LogP contribution in [0, 0.1) is 11.8 Å². The predicted octanol–water partition coefficient (Wildman–Crippen LogP) is 1.27. The zero-order valence-corrected chi connectivity index (χ0v) is 7.38. The highest BCUT2D eigenvalue weighted by molar-refractivity contribution is 5.37. The van der Waals surface area contributed by atoms with Crippen molar-refractivity contribution >= 4 is 0 Å². The van der Waals surface area contributed by atoms with Crippen molar-refractivity contribution in [2.75, 3.05) is 0 Å². The average molecular weight is 181 g/mol. The summed E-state index contributed by atoms with van der Waals surface area (Å²) in [5.74, 6) is 6.30. The van der Waals surface area contributed by atoms with Crippen molar-refractivity contribution in [3.8, 4) is 11.8 Å². The smallest absolute Gasteiger partial charge is 0.208 e. The summed E-state index contributed by atoms with van der Waals surface area (Å²) in [6.45, 7) is 0. The molecule has 0 spiro atoms. The molecule has 0 N–H and O–H groups in total. The van der Waals surface area contributed by atoms with Gasteiger partial charge in [0, 0.05) is 5.56 Å². The number of rotatable bonds is 0. The van der Waals surface area contributed by atoms with Gasteiger partial charge in [-0.05, 0) is 18.1 Å². The van der Waals surface area contributed by atoms with Crippen LogP contribution in [0.5, 0.6) is 0 Å². The molecule has 0 amide bonds. The molecular formula is C11H7N3. The minimum absolute atomic E-state index is 0.490. The fraction of sp³-hybridized carbons (Fsp3) is 0. The zero-order valence-electron chi connectivity index (χ0n) is 7.38. The van der Waals surface area contributed by atoms with Crippen molar-refractivity contribution in [1.29, 1.82) is 0 Å². The summed E-state index contributed by atoms with van der Waals surface area (Å²) in [6, 6.07) is 9.71. The van der Waals surface area contributed by atoms with E-state index in [4.69, 9.17) is 0 Å². The summed E-state index contributed by atoms with van der Waals surface area (Å²) in [5, 5.41) is 0. The van der Waals surface area contributed by atoms with Crippen LogP contribution < -0.4 is 0 Å². The summed E-state index contributed by atoms with van der Waals surface area (Å²) >= 11 is 0. The summed E-state index contributed by atoms with van der Waals surface area (Å²) in [6.07, 6.45) is 2.87. The van der Waals surface area contributed by atoms with Gasteiger partial charge in [-0.3, -0.25) is 0 Å². The molecule has 0 atom stereocenters. The molecule has 1 aromatic heterocycles. The summed E-state index contributed by atoms with van der Waals surface area (Å²) in [5.41, 5.74) is 0.952. The molecule has 0 bridgehead atoms. The first kappa shape index (κ1) is 8.39. The van der Waals surface area contributed by atoms with Crippen molar-refractivity contribution < 1.29 is 0 Å². The lowest BCUT2D eigenvalue weighted by molar-refractivity contribution is 1.02. The van der Waals surface area contributed by atoms with Gasteiger partial charge in [0.05, 0.1) is 0 Å². The summed E-state index contributed by atoms with van der Waals surface area (Å²) < 4.78 is 0. The molecule has 0 radical (unpaired) electrons. The Hall–Kier alpha value is -2.21. The Bertz CT molecular complexity index is 411. The van der Waals surface area contributed by atoms with Crippen LogP contribution in [0.4, 0.5) is 0 Å². The quantitative estimate of drug-likeness (QED) is 0.574. The maximum Gasteiger partial charge on any atom is 0.208 e. The highest BCUT2D eigenvalue weighted by atomic mass is 15.0. The van der Waals surface area contributed by atoms with Crippen LogP contribution >= 0.6 is 0 Å². The van der Waals surface area contributed by atoms with Gasteiger partial charge in [-0.1, -0.05) is 24.1 Å². The maximum absolute atomic E-state index is 3.90. The molecule has 2 aromatic rings. The van der Waals surface area contributed by atoms with E-state index < -0.39 is 0 Å². The van der Waals surface area contributed by atoms with Gasteiger partial charge in [0.2, 0.25) is 5.82 Å². The molecule has 1 heterocycles. The van der Waals surface area contributed by atoms with E-state index in [1.807, 2.05) is 30.3 Å². The van der Waals surface area contributed by atoms with Crippen LogP contribution in [0.1, 0.15) is 11.4 Å². The van der Waals surface area contributed by atoms with E-state index in [-0.39, 0.29) is 0 Å². The molecular weight excluding hydrogens is 174 g/mol. The molecule has 66 valence electrons. The monoisotopic (exact) mass is 181 g/mol.